The summed E-state index contributed by atoms with van der Waals surface area (Å²) in [7, 11) is 0. The van der Waals surface area contributed by atoms with Crippen LogP contribution in [0.4, 0.5) is 5.69 Å². The third-order valence-electron chi connectivity index (χ3n) is 3.34. The largest absolute Gasteiger partial charge is 0.356 e. The summed E-state index contributed by atoms with van der Waals surface area (Å²) in [5, 5.41) is 3.28. The van der Waals surface area contributed by atoms with Gasteiger partial charge in [0, 0.05) is 11.4 Å². The van der Waals surface area contributed by atoms with Crippen molar-refractivity contribution in [1.29, 1.82) is 0 Å². The fourth-order valence-electron chi connectivity index (χ4n) is 2.13. The highest BCUT2D eigenvalue weighted by Crippen LogP contribution is 2.15. The molecule has 0 heterocycles. The smallest absolute Gasteiger partial charge is 0.0384 e. The molecule has 0 aliphatic heterocycles. The molecule has 0 fully saturated rings. The van der Waals surface area contributed by atoms with Gasteiger partial charge in [0.2, 0.25) is 0 Å². The Bertz CT molecular complexity index is 675. The van der Waals surface area contributed by atoms with Gasteiger partial charge in [-0.1, -0.05) is 61.2 Å². The zero-order valence-electron chi connectivity index (χ0n) is 12.7. The summed E-state index contributed by atoms with van der Waals surface area (Å²) in [5.41, 5.74) is 6.76. The van der Waals surface area contributed by atoms with Crippen molar-refractivity contribution >= 4 is 17.8 Å². The Morgan fingerprint density at radius 3 is 2.38 bits per heavy atom. The molecule has 2 aromatic carbocycles. The summed E-state index contributed by atoms with van der Waals surface area (Å²) in [5.74, 6) is 0. The van der Waals surface area contributed by atoms with Crippen LogP contribution in [-0.4, -0.2) is 0 Å². The third-order valence-corrected chi connectivity index (χ3v) is 3.34. The van der Waals surface area contributed by atoms with E-state index in [1.165, 1.54) is 16.7 Å². The maximum Gasteiger partial charge on any atom is 0.0384 e. The molecule has 0 unspecified atom stereocenters. The van der Waals surface area contributed by atoms with E-state index in [0.29, 0.717) is 0 Å². The Morgan fingerprint density at radius 2 is 1.76 bits per heavy atom. The van der Waals surface area contributed by atoms with Crippen LogP contribution in [0.1, 0.15) is 22.3 Å². The predicted octanol–water partition coefficient (Wildman–Crippen LogP) is 5.59. The Labute approximate surface area is 127 Å². The molecule has 0 saturated carbocycles. The topological polar surface area (TPSA) is 12.0 Å². The van der Waals surface area contributed by atoms with Gasteiger partial charge in [-0.15, -0.1) is 0 Å². The highest BCUT2D eigenvalue weighted by molar-refractivity contribution is 5.61. The molecule has 2 rings (SSSR count). The number of hydrogen-bond acceptors (Lipinski definition) is 1. The number of anilines is 1. The lowest BCUT2D eigenvalue weighted by Crippen LogP contribution is -1.94. The van der Waals surface area contributed by atoms with Crippen LogP contribution >= 0.6 is 0 Å². The van der Waals surface area contributed by atoms with Crippen molar-refractivity contribution in [3.63, 3.8) is 0 Å². The van der Waals surface area contributed by atoms with Crippen LogP contribution in [0.15, 0.2) is 67.4 Å². The van der Waals surface area contributed by atoms with Gasteiger partial charge in [-0.05, 0) is 48.7 Å². The van der Waals surface area contributed by atoms with E-state index >= 15 is 0 Å². The molecule has 1 N–H and O–H groups in total. The van der Waals surface area contributed by atoms with Crippen LogP contribution in [0.3, 0.4) is 0 Å². The molecule has 0 amide bonds. The van der Waals surface area contributed by atoms with E-state index in [-0.39, 0.29) is 0 Å². The van der Waals surface area contributed by atoms with Crippen LogP contribution in [0, 0.1) is 13.8 Å². The minimum absolute atomic E-state index is 0.862. The van der Waals surface area contributed by atoms with E-state index in [1.807, 2.05) is 36.4 Å². The van der Waals surface area contributed by atoms with Crippen molar-refractivity contribution in [3.8, 4) is 0 Å². The van der Waals surface area contributed by atoms with E-state index in [2.05, 4.69) is 56.6 Å². The van der Waals surface area contributed by atoms with E-state index in [9.17, 15) is 0 Å². The molecular formula is C20H21N. The molecule has 0 radical (unpaired) electrons. The van der Waals surface area contributed by atoms with Gasteiger partial charge in [0.15, 0.2) is 0 Å². The van der Waals surface area contributed by atoms with Crippen molar-refractivity contribution in [2.24, 2.45) is 0 Å². The maximum absolute atomic E-state index is 4.04. The van der Waals surface area contributed by atoms with E-state index in [1.54, 1.807) is 0 Å². The Hall–Kier alpha value is -2.54. The molecule has 2 aromatic rings. The summed E-state index contributed by atoms with van der Waals surface area (Å²) < 4.78 is 0. The zero-order valence-corrected chi connectivity index (χ0v) is 12.7. The van der Waals surface area contributed by atoms with E-state index in [0.717, 1.165) is 16.9 Å². The lowest BCUT2D eigenvalue weighted by Gasteiger charge is -2.07. The second-order valence-electron chi connectivity index (χ2n) is 5.17. The SMILES string of the molecule is C=Cc1ccc(NC(=C)/C=C/c2ccc(C)cc2C)cc1. The predicted molar refractivity (Wildman–Crippen MR) is 94.2 cm³/mol. The first kappa shape index (κ1) is 14.9. The highest BCUT2D eigenvalue weighted by Gasteiger charge is 1.96. The van der Waals surface area contributed by atoms with Crippen molar-refractivity contribution in [2.45, 2.75) is 13.8 Å². The molecule has 0 saturated heterocycles. The average molecular weight is 275 g/mol. The molecule has 0 atom stereocenters. The lowest BCUT2D eigenvalue weighted by atomic mass is 10.1. The molecular weight excluding hydrogens is 254 g/mol. The molecule has 0 aliphatic rings. The molecule has 0 spiro atoms. The summed E-state index contributed by atoms with van der Waals surface area (Å²) in [6.45, 7) is 12.0. The van der Waals surface area contributed by atoms with Crippen LogP contribution in [0.5, 0.6) is 0 Å². The molecule has 21 heavy (non-hydrogen) atoms. The summed E-state index contributed by atoms with van der Waals surface area (Å²) in [4.78, 5) is 0. The number of hydrogen-bond donors (Lipinski definition) is 1. The standard InChI is InChI=1S/C20H21N/c1-5-18-8-12-20(13-9-18)21-17(4)7-11-19-10-6-15(2)14-16(19)3/h5-14,21H,1,4H2,2-3H3/b11-7+. The van der Waals surface area contributed by atoms with E-state index < -0.39 is 0 Å². The van der Waals surface area contributed by atoms with Crippen LogP contribution in [0.2, 0.25) is 0 Å². The van der Waals surface area contributed by atoms with Crippen LogP contribution in [-0.2, 0) is 0 Å². The first-order chi connectivity index (χ1) is 10.1. The van der Waals surface area contributed by atoms with Crippen molar-refractivity contribution in [1.82, 2.24) is 0 Å². The Morgan fingerprint density at radius 1 is 1.05 bits per heavy atom. The fourth-order valence-corrected chi connectivity index (χ4v) is 2.13. The fraction of sp³-hybridized carbons (Fsp3) is 0.100. The van der Waals surface area contributed by atoms with Gasteiger partial charge in [0.25, 0.3) is 0 Å². The minimum atomic E-state index is 0.862. The Kier molecular flexibility index (Phi) is 4.78. The van der Waals surface area contributed by atoms with Crippen molar-refractivity contribution < 1.29 is 0 Å². The third kappa shape index (κ3) is 4.22. The number of benzene rings is 2. The van der Waals surface area contributed by atoms with Gasteiger partial charge in [-0.25, -0.2) is 0 Å². The first-order valence-electron chi connectivity index (χ1n) is 7.02. The number of aryl methyl sites for hydroxylation is 2. The second-order valence-corrected chi connectivity index (χ2v) is 5.17. The maximum atomic E-state index is 4.04. The molecule has 106 valence electrons. The molecule has 1 nitrogen and oxygen atoms in total. The number of allylic oxidation sites excluding steroid dienone is 1. The zero-order chi connectivity index (χ0) is 15.2. The molecule has 0 bridgehead atoms. The summed E-state index contributed by atoms with van der Waals surface area (Å²) >= 11 is 0. The van der Waals surface area contributed by atoms with Gasteiger partial charge < -0.3 is 5.32 Å². The van der Waals surface area contributed by atoms with Gasteiger partial charge in [0.1, 0.15) is 0 Å². The summed E-state index contributed by atoms with van der Waals surface area (Å²) in [6, 6.07) is 14.5. The first-order valence-corrected chi connectivity index (χ1v) is 7.02. The molecule has 0 aromatic heterocycles. The van der Waals surface area contributed by atoms with Crippen molar-refractivity contribution in [2.75, 3.05) is 5.32 Å². The normalized spacial score (nSPS) is 10.6. The van der Waals surface area contributed by atoms with Gasteiger partial charge in [0.05, 0.1) is 0 Å². The second kappa shape index (κ2) is 6.76. The molecule has 0 aliphatic carbocycles. The van der Waals surface area contributed by atoms with E-state index in [4.69, 9.17) is 0 Å². The number of nitrogens with one attached hydrogen (secondary N) is 1. The van der Waals surface area contributed by atoms with Gasteiger partial charge in [-0.2, -0.15) is 0 Å². The quantitative estimate of drug-likeness (QED) is 0.702. The number of rotatable bonds is 5. The minimum Gasteiger partial charge on any atom is -0.356 e. The van der Waals surface area contributed by atoms with Crippen molar-refractivity contribution in [3.05, 3.63) is 89.6 Å². The van der Waals surface area contributed by atoms with Gasteiger partial charge in [-0.3, -0.25) is 0 Å². The average Bonchev–Trinajstić information content (AvgIpc) is 2.47. The lowest BCUT2D eigenvalue weighted by molar-refractivity contribution is 1.37. The highest BCUT2D eigenvalue weighted by atomic mass is 14.9. The Balaban J connectivity index is 2.03. The monoisotopic (exact) mass is 275 g/mol. The summed E-state index contributed by atoms with van der Waals surface area (Å²) in [6.07, 6.45) is 5.92. The van der Waals surface area contributed by atoms with Gasteiger partial charge >= 0.3 is 0 Å². The van der Waals surface area contributed by atoms with Crippen LogP contribution < -0.4 is 5.32 Å². The van der Waals surface area contributed by atoms with Crippen LogP contribution in [0.25, 0.3) is 12.2 Å². The molecule has 1 heteroatoms.